The Morgan fingerprint density at radius 1 is 1.32 bits per heavy atom. The molecule has 0 saturated heterocycles. The zero-order valence-electron chi connectivity index (χ0n) is 12.4. The van der Waals surface area contributed by atoms with Crippen molar-refractivity contribution in [2.24, 2.45) is 7.05 Å². The fourth-order valence-corrected chi connectivity index (χ4v) is 2.96. The monoisotopic (exact) mass is 282 g/mol. The lowest BCUT2D eigenvalue weighted by Gasteiger charge is -2.20. The van der Waals surface area contributed by atoms with Crippen LogP contribution in [0.25, 0.3) is 11.2 Å². The van der Waals surface area contributed by atoms with Gasteiger partial charge in [0.15, 0.2) is 5.65 Å². The molecule has 2 rings (SSSR count). The van der Waals surface area contributed by atoms with Crippen LogP contribution in [0.15, 0.2) is 0 Å². The highest BCUT2D eigenvalue weighted by Crippen LogP contribution is 2.32. The predicted octanol–water partition coefficient (Wildman–Crippen LogP) is 4.13. The highest BCUT2D eigenvalue weighted by atomic mass is 35.5. The second-order valence-electron chi connectivity index (χ2n) is 5.19. The van der Waals surface area contributed by atoms with Crippen LogP contribution in [0, 0.1) is 6.92 Å². The van der Waals surface area contributed by atoms with E-state index in [0.717, 1.165) is 41.9 Å². The molecular weight excluding hydrogens is 260 g/mol. The molecule has 2 atom stereocenters. The first kappa shape index (κ1) is 14.4. The Morgan fingerprint density at radius 2 is 2.00 bits per heavy atom. The third-order valence-electron chi connectivity index (χ3n) is 3.68. The van der Waals surface area contributed by atoms with Gasteiger partial charge in [0.2, 0.25) is 0 Å². The Bertz CT molecular complexity index is 568. The van der Waals surface area contributed by atoms with Crippen LogP contribution in [0.2, 0.25) is 0 Å². The molecule has 0 aliphatic carbocycles. The van der Waals surface area contributed by atoms with Crippen molar-refractivity contribution in [2.45, 2.75) is 58.4 Å². The van der Waals surface area contributed by atoms with Crippen molar-refractivity contribution >= 4 is 22.8 Å². The van der Waals surface area contributed by atoms with Gasteiger partial charge in [-0.3, -0.25) is 4.68 Å². The second-order valence-corrected chi connectivity index (χ2v) is 5.84. The molecule has 0 aromatic carbocycles. The number of hydrogen-bond donors (Lipinski definition) is 0. The van der Waals surface area contributed by atoms with Crippen LogP contribution in [0.1, 0.15) is 63.0 Å². The van der Waals surface area contributed by atoms with Gasteiger partial charge in [0.05, 0.1) is 11.1 Å². The fourth-order valence-electron chi connectivity index (χ4n) is 2.80. The number of nitrogens with zero attached hydrogens (tertiary/aromatic N) is 4. The van der Waals surface area contributed by atoms with Gasteiger partial charge in [-0.2, -0.15) is 5.10 Å². The second kappa shape index (κ2) is 5.53. The summed E-state index contributed by atoms with van der Waals surface area (Å²) < 4.78 is 4.23. The minimum absolute atomic E-state index is 0.0855. The number of hydrogen-bond acceptors (Lipinski definition) is 2. The Morgan fingerprint density at radius 3 is 2.53 bits per heavy atom. The van der Waals surface area contributed by atoms with Crippen LogP contribution in [-0.2, 0) is 7.05 Å². The third kappa shape index (κ3) is 2.38. The Labute approximate surface area is 119 Å². The average Bonchev–Trinajstić information content (AvgIpc) is 2.86. The SMILES string of the molecule is CCCC(CC)n1c(C(C)Cl)nc2c(C)nn(C)c21. The third-order valence-corrected chi connectivity index (χ3v) is 3.87. The molecule has 0 fully saturated rings. The van der Waals surface area contributed by atoms with E-state index in [1.54, 1.807) is 0 Å². The van der Waals surface area contributed by atoms with E-state index >= 15 is 0 Å². The summed E-state index contributed by atoms with van der Waals surface area (Å²) in [7, 11) is 1.98. The summed E-state index contributed by atoms with van der Waals surface area (Å²) in [5, 5.41) is 4.39. The maximum Gasteiger partial charge on any atom is 0.158 e. The largest absolute Gasteiger partial charge is 0.309 e. The molecular formula is C14H23ClN4. The summed E-state index contributed by atoms with van der Waals surface area (Å²) in [5.41, 5.74) is 3.06. The van der Waals surface area contributed by atoms with Gasteiger partial charge >= 0.3 is 0 Å². The molecule has 19 heavy (non-hydrogen) atoms. The Kier molecular flexibility index (Phi) is 4.19. The smallest absolute Gasteiger partial charge is 0.158 e. The lowest BCUT2D eigenvalue weighted by atomic mass is 10.1. The van der Waals surface area contributed by atoms with E-state index < -0.39 is 0 Å². The first-order valence-electron chi connectivity index (χ1n) is 7.06. The van der Waals surface area contributed by atoms with E-state index in [4.69, 9.17) is 16.6 Å². The molecule has 0 N–H and O–H groups in total. The van der Waals surface area contributed by atoms with Crippen molar-refractivity contribution in [3.63, 3.8) is 0 Å². The Balaban J connectivity index is 2.69. The molecule has 2 unspecified atom stereocenters. The van der Waals surface area contributed by atoms with Gasteiger partial charge in [-0.1, -0.05) is 20.3 Å². The van der Waals surface area contributed by atoms with Gasteiger partial charge in [0.25, 0.3) is 0 Å². The zero-order valence-corrected chi connectivity index (χ0v) is 13.2. The molecule has 106 valence electrons. The molecule has 0 aliphatic heterocycles. The average molecular weight is 283 g/mol. The van der Waals surface area contributed by atoms with E-state index in [1.165, 1.54) is 0 Å². The summed E-state index contributed by atoms with van der Waals surface area (Å²) in [6.45, 7) is 8.43. The fraction of sp³-hybridized carbons (Fsp3) is 0.714. The van der Waals surface area contributed by atoms with Crippen LogP contribution >= 0.6 is 11.6 Å². The molecule has 0 spiro atoms. The summed E-state index contributed by atoms with van der Waals surface area (Å²) in [4.78, 5) is 4.73. The van der Waals surface area contributed by atoms with Gasteiger partial charge in [-0.05, 0) is 26.7 Å². The number of alkyl halides is 1. The minimum atomic E-state index is -0.0855. The summed E-state index contributed by atoms with van der Waals surface area (Å²) in [6.07, 6.45) is 3.38. The minimum Gasteiger partial charge on any atom is -0.309 e. The van der Waals surface area contributed by atoms with Crippen molar-refractivity contribution in [3.05, 3.63) is 11.5 Å². The summed E-state index contributed by atoms with van der Waals surface area (Å²) in [5.74, 6) is 0.966. The van der Waals surface area contributed by atoms with Gasteiger partial charge in [0, 0.05) is 13.1 Å². The van der Waals surface area contributed by atoms with Crippen LogP contribution in [0.4, 0.5) is 0 Å². The molecule has 2 aromatic heterocycles. The molecule has 2 heterocycles. The highest BCUT2D eigenvalue weighted by molar-refractivity contribution is 6.20. The van der Waals surface area contributed by atoms with E-state index in [0.29, 0.717) is 6.04 Å². The van der Waals surface area contributed by atoms with Crippen LogP contribution in [0.3, 0.4) is 0 Å². The van der Waals surface area contributed by atoms with Crippen LogP contribution in [0.5, 0.6) is 0 Å². The topological polar surface area (TPSA) is 35.6 Å². The van der Waals surface area contributed by atoms with Crippen LogP contribution < -0.4 is 0 Å². The van der Waals surface area contributed by atoms with Crippen molar-refractivity contribution in [1.29, 1.82) is 0 Å². The van der Waals surface area contributed by atoms with Crippen molar-refractivity contribution in [3.8, 4) is 0 Å². The molecule has 0 saturated carbocycles. The van der Waals surface area contributed by atoms with Gasteiger partial charge in [-0.15, -0.1) is 11.6 Å². The summed E-state index contributed by atoms with van der Waals surface area (Å²) in [6, 6.07) is 0.445. The molecule has 0 radical (unpaired) electrons. The van der Waals surface area contributed by atoms with Crippen molar-refractivity contribution < 1.29 is 0 Å². The van der Waals surface area contributed by atoms with Gasteiger partial charge in [-0.25, -0.2) is 4.98 Å². The first-order chi connectivity index (χ1) is 9.01. The number of imidazole rings is 1. The number of aromatic nitrogens is 4. The van der Waals surface area contributed by atoms with E-state index in [2.05, 4.69) is 23.5 Å². The maximum absolute atomic E-state index is 6.33. The van der Waals surface area contributed by atoms with Crippen LogP contribution in [-0.4, -0.2) is 19.3 Å². The molecule has 5 heteroatoms. The van der Waals surface area contributed by atoms with Crippen molar-refractivity contribution in [1.82, 2.24) is 19.3 Å². The van der Waals surface area contributed by atoms with Gasteiger partial charge < -0.3 is 4.57 Å². The normalized spacial score (nSPS) is 15.1. The number of halogens is 1. The number of fused-ring (bicyclic) bond motifs is 1. The van der Waals surface area contributed by atoms with Crippen molar-refractivity contribution in [2.75, 3.05) is 0 Å². The number of rotatable bonds is 5. The molecule has 0 aliphatic rings. The highest BCUT2D eigenvalue weighted by Gasteiger charge is 2.24. The molecule has 4 nitrogen and oxygen atoms in total. The standard InChI is InChI=1S/C14H23ClN4/c1-6-8-11(7-2)19-13(9(3)15)16-12-10(4)17-18(5)14(12)19/h9,11H,6-8H2,1-5H3. The maximum atomic E-state index is 6.33. The predicted molar refractivity (Wildman–Crippen MR) is 79.7 cm³/mol. The molecule has 0 bridgehead atoms. The first-order valence-corrected chi connectivity index (χ1v) is 7.50. The lowest BCUT2D eigenvalue weighted by Crippen LogP contribution is -2.14. The lowest BCUT2D eigenvalue weighted by molar-refractivity contribution is 0.437. The van der Waals surface area contributed by atoms with E-state index in [1.807, 2.05) is 25.6 Å². The van der Waals surface area contributed by atoms with Gasteiger partial charge in [0.1, 0.15) is 11.3 Å². The zero-order chi connectivity index (χ0) is 14.2. The number of aryl methyl sites for hydroxylation is 2. The Hall–Kier alpha value is -1.03. The molecule has 0 amide bonds. The van der Waals surface area contributed by atoms with E-state index in [9.17, 15) is 0 Å². The van der Waals surface area contributed by atoms with E-state index in [-0.39, 0.29) is 5.38 Å². The summed E-state index contributed by atoms with van der Waals surface area (Å²) >= 11 is 6.33. The molecule has 2 aromatic rings. The quantitative estimate of drug-likeness (QED) is 0.773.